The molecule has 34 heavy (non-hydrogen) atoms. The van der Waals surface area contributed by atoms with Gasteiger partial charge in [-0.1, -0.05) is 49.3 Å². The van der Waals surface area contributed by atoms with Gasteiger partial charge in [0.25, 0.3) is 0 Å². The number of ether oxygens (including phenoxy) is 1. The normalized spacial score (nSPS) is 25.5. The highest BCUT2D eigenvalue weighted by molar-refractivity contribution is 5.86. The fourth-order valence-corrected chi connectivity index (χ4v) is 5.41. The Bertz CT molecular complexity index is 921. The Balaban J connectivity index is 1.50. The number of amides is 2. The first kappa shape index (κ1) is 24.5. The summed E-state index contributed by atoms with van der Waals surface area (Å²) in [6.07, 6.45) is 10.4. The van der Waals surface area contributed by atoms with Crippen molar-refractivity contribution < 1.29 is 24.2 Å². The number of allylic oxidation sites excluding steroid dienone is 2. The molecule has 7 heteroatoms. The highest BCUT2D eigenvalue weighted by Crippen LogP contribution is 2.32. The summed E-state index contributed by atoms with van der Waals surface area (Å²) in [5.74, 6) is -0.999. The first-order valence-corrected chi connectivity index (χ1v) is 12.6. The number of rotatable bonds is 3. The number of carbonyl (C=O) groups is 3. The summed E-state index contributed by atoms with van der Waals surface area (Å²) in [5.41, 5.74) is 1.71. The third kappa shape index (κ3) is 5.87. The molecular weight excluding hydrogens is 432 g/mol. The topological polar surface area (TPSA) is 95.9 Å². The summed E-state index contributed by atoms with van der Waals surface area (Å²) < 4.78 is 5.53. The van der Waals surface area contributed by atoms with E-state index < -0.39 is 11.5 Å². The van der Waals surface area contributed by atoms with Gasteiger partial charge in [0.1, 0.15) is 6.61 Å². The van der Waals surface area contributed by atoms with Gasteiger partial charge in [-0.25, -0.2) is 0 Å². The number of hydrogen-bond donors (Lipinski definition) is 2. The van der Waals surface area contributed by atoms with Gasteiger partial charge >= 0.3 is 5.97 Å². The number of aliphatic hydroxyl groups is 1. The number of nitrogens with zero attached hydrogens (tertiary/aromatic N) is 1. The van der Waals surface area contributed by atoms with Crippen LogP contribution in [0.25, 0.3) is 0 Å². The molecule has 2 N–H and O–H groups in total. The van der Waals surface area contributed by atoms with Crippen molar-refractivity contribution in [3.8, 4) is 0 Å². The number of carbonyl (C=O) groups excluding carboxylic acids is 3. The molecule has 0 bridgehead atoms. The summed E-state index contributed by atoms with van der Waals surface area (Å²) in [4.78, 5) is 40.7. The van der Waals surface area contributed by atoms with Gasteiger partial charge in [0, 0.05) is 19.4 Å². The van der Waals surface area contributed by atoms with E-state index in [1.807, 2.05) is 36.4 Å². The van der Waals surface area contributed by atoms with Crippen LogP contribution >= 0.6 is 0 Å². The second-order valence-corrected chi connectivity index (χ2v) is 9.97. The second-order valence-electron chi connectivity index (χ2n) is 9.97. The van der Waals surface area contributed by atoms with Gasteiger partial charge in [0.05, 0.1) is 24.1 Å². The molecule has 4 rings (SSSR count). The molecule has 1 aromatic carbocycles. The van der Waals surface area contributed by atoms with Crippen LogP contribution < -0.4 is 5.32 Å². The third-order valence-corrected chi connectivity index (χ3v) is 7.48. The van der Waals surface area contributed by atoms with Crippen LogP contribution in [0.1, 0.15) is 68.9 Å². The minimum atomic E-state index is -0.538. The van der Waals surface area contributed by atoms with Gasteiger partial charge in [-0.2, -0.15) is 0 Å². The molecule has 1 aromatic rings. The van der Waals surface area contributed by atoms with Crippen molar-refractivity contribution >= 4 is 17.8 Å². The van der Waals surface area contributed by atoms with E-state index in [4.69, 9.17) is 4.74 Å². The van der Waals surface area contributed by atoms with Gasteiger partial charge in [0.2, 0.25) is 11.8 Å². The van der Waals surface area contributed by atoms with Gasteiger partial charge in [-0.3, -0.25) is 14.4 Å². The lowest BCUT2D eigenvalue weighted by Gasteiger charge is -2.37. The molecule has 1 fully saturated rings. The van der Waals surface area contributed by atoms with E-state index >= 15 is 0 Å². The zero-order chi connectivity index (χ0) is 24.0. The lowest BCUT2D eigenvalue weighted by atomic mass is 9.91. The molecule has 2 unspecified atom stereocenters. The molecular formula is C27H36N2O5. The summed E-state index contributed by atoms with van der Waals surface area (Å²) >= 11 is 0. The Hall–Kier alpha value is -2.67. The standard InChI is InChI=1S/C27H36N2O5/c30-18-23-15-20-9-5-6-11-22(20)17-29(23)24(31)16-21-10-3-1-2-4-12-25(32)34-19-27(28-26(21)33)13-7-8-14-27/h1,3,5-6,9,11,21,23,30H,2,4,7-8,10,12-19H2,(H,28,33). The maximum atomic E-state index is 13.4. The first-order chi connectivity index (χ1) is 16.5. The van der Waals surface area contributed by atoms with E-state index in [0.717, 1.165) is 43.2 Å². The SMILES string of the molecule is O=C1CCCC=CCC(CC(=O)N2Cc3ccccc3CC2CO)C(=O)NC2(CCCC2)CO1. The van der Waals surface area contributed by atoms with Crippen molar-refractivity contribution in [3.05, 3.63) is 47.5 Å². The van der Waals surface area contributed by atoms with Gasteiger partial charge in [0.15, 0.2) is 0 Å². The Morgan fingerprint density at radius 3 is 2.65 bits per heavy atom. The van der Waals surface area contributed by atoms with Crippen molar-refractivity contribution in [1.29, 1.82) is 0 Å². The van der Waals surface area contributed by atoms with Gasteiger partial charge < -0.3 is 20.1 Å². The predicted octanol–water partition coefficient (Wildman–Crippen LogP) is 3.04. The lowest BCUT2D eigenvalue weighted by Crippen LogP contribution is -2.53. The Labute approximate surface area is 201 Å². The maximum absolute atomic E-state index is 13.4. The van der Waals surface area contributed by atoms with Gasteiger partial charge in [-0.05, 0) is 49.7 Å². The van der Waals surface area contributed by atoms with E-state index in [1.165, 1.54) is 0 Å². The predicted molar refractivity (Wildman–Crippen MR) is 128 cm³/mol. The van der Waals surface area contributed by atoms with Crippen molar-refractivity contribution in [1.82, 2.24) is 10.2 Å². The molecule has 2 atom stereocenters. The highest BCUT2D eigenvalue weighted by Gasteiger charge is 2.39. The van der Waals surface area contributed by atoms with Crippen LogP contribution in [0.15, 0.2) is 36.4 Å². The quantitative estimate of drug-likeness (QED) is 0.525. The first-order valence-electron chi connectivity index (χ1n) is 12.6. The summed E-state index contributed by atoms with van der Waals surface area (Å²) in [6.45, 7) is 0.538. The molecule has 2 heterocycles. The number of fused-ring (bicyclic) bond motifs is 1. The molecule has 3 aliphatic rings. The number of cyclic esters (lactones) is 1. The molecule has 2 aliphatic heterocycles. The zero-order valence-corrected chi connectivity index (χ0v) is 19.8. The number of hydrogen-bond acceptors (Lipinski definition) is 5. The average Bonchev–Trinajstić information content (AvgIpc) is 3.31. The Kier molecular flexibility index (Phi) is 8.03. The van der Waals surface area contributed by atoms with E-state index in [2.05, 4.69) is 5.32 Å². The fraction of sp³-hybridized carbons (Fsp3) is 0.593. The van der Waals surface area contributed by atoms with Crippen LogP contribution in [0.4, 0.5) is 0 Å². The molecule has 1 aliphatic carbocycles. The minimum Gasteiger partial charge on any atom is -0.463 e. The van der Waals surface area contributed by atoms with E-state index in [1.54, 1.807) is 4.90 Å². The molecule has 1 saturated carbocycles. The van der Waals surface area contributed by atoms with Crippen LogP contribution in [0.3, 0.4) is 0 Å². The zero-order valence-electron chi connectivity index (χ0n) is 19.8. The molecule has 0 radical (unpaired) electrons. The molecule has 0 saturated heterocycles. The third-order valence-electron chi connectivity index (χ3n) is 7.48. The number of aliphatic hydroxyl groups excluding tert-OH is 1. The number of benzene rings is 1. The summed E-state index contributed by atoms with van der Waals surface area (Å²) in [6, 6.07) is 7.72. The van der Waals surface area contributed by atoms with E-state index in [9.17, 15) is 19.5 Å². The average molecular weight is 469 g/mol. The fourth-order valence-electron chi connectivity index (χ4n) is 5.41. The van der Waals surface area contributed by atoms with Crippen LogP contribution in [0.2, 0.25) is 0 Å². The smallest absolute Gasteiger partial charge is 0.305 e. The largest absolute Gasteiger partial charge is 0.463 e. The molecule has 1 spiro atoms. The van der Waals surface area contributed by atoms with E-state index in [0.29, 0.717) is 32.2 Å². The van der Waals surface area contributed by atoms with Crippen molar-refractivity contribution in [2.75, 3.05) is 13.2 Å². The van der Waals surface area contributed by atoms with E-state index in [-0.39, 0.29) is 43.5 Å². The van der Waals surface area contributed by atoms with Gasteiger partial charge in [-0.15, -0.1) is 0 Å². The van der Waals surface area contributed by atoms with Crippen molar-refractivity contribution in [2.24, 2.45) is 5.92 Å². The molecule has 184 valence electrons. The summed E-state index contributed by atoms with van der Waals surface area (Å²) in [7, 11) is 0. The van der Waals surface area contributed by atoms with Crippen LogP contribution in [0, 0.1) is 5.92 Å². The monoisotopic (exact) mass is 468 g/mol. The molecule has 7 nitrogen and oxygen atoms in total. The highest BCUT2D eigenvalue weighted by atomic mass is 16.5. The van der Waals surface area contributed by atoms with Crippen LogP contribution in [0.5, 0.6) is 0 Å². The lowest BCUT2D eigenvalue weighted by molar-refractivity contribution is -0.147. The number of esters is 1. The molecule has 0 aromatic heterocycles. The minimum absolute atomic E-state index is 0.0880. The Morgan fingerprint density at radius 2 is 1.88 bits per heavy atom. The summed E-state index contributed by atoms with van der Waals surface area (Å²) in [5, 5.41) is 13.1. The maximum Gasteiger partial charge on any atom is 0.305 e. The van der Waals surface area contributed by atoms with Crippen LogP contribution in [-0.4, -0.2) is 52.6 Å². The Morgan fingerprint density at radius 1 is 1.12 bits per heavy atom. The van der Waals surface area contributed by atoms with Crippen LogP contribution in [-0.2, 0) is 32.1 Å². The van der Waals surface area contributed by atoms with Crippen molar-refractivity contribution in [2.45, 2.75) is 82.3 Å². The molecule has 2 amide bonds. The van der Waals surface area contributed by atoms with Crippen molar-refractivity contribution in [3.63, 3.8) is 0 Å². The second kappa shape index (κ2) is 11.2. The number of nitrogens with one attached hydrogen (secondary N) is 1.